The molecule has 3 aromatic heterocycles. The van der Waals surface area contributed by atoms with Crippen LogP contribution in [-0.2, 0) is 0 Å². The number of carbonyl (C=O) groups is 1. The highest BCUT2D eigenvalue weighted by molar-refractivity contribution is 7.16. The first-order valence-electron chi connectivity index (χ1n) is 9.34. The Bertz CT molecular complexity index is 913. The fourth-order valence-electron chi connectivity index (χ4n) is 3.93. The Hall–Kier alpha value is -2.44. The number of carbonyl (C=O) groups excluding carboxylic acids is 1. The van der Waals surface area contributed by atoms with Crippen LogP contribution in [0.1, 0.15) is 51.0 Å². The smallest absolute Gasteiger partial charge is 0.291 e. The maximum atomic E-state index is 12.6. The number of likely N-dealkylation sites (tertiary alicyclic amines) is 1. The molecule has 4 rings (SSSR count). The first-order valence-corrected chi connectivity index (χ1v) is 10.2. The van der Waals surface area contributed by atoms with Crippen LogP contribution in [0.5, 0.6) is 0 Å². The van der Waals surface area contributed by atoms with E-state index in [9.17, 15) is 4.79 Å². The molecular formula is C21H24N3O2S+. The molecular weight excluding hydrogens is 358 g/mol. The molecule has 0 unspecified atom stereocenters. The monoisotopic (exact) mass is 382 g/mol. The van der Waals surface area contributed by atoms with Crippen molar-refractivity contribution in [1.29, 1.82) is 0 Å². The second-order valence-corrected chi connectivity index (χ2v) is 8.27. The molecule has 0 spiro atoms. The molecule has 2 N–H and O–H groups in total. The summed E-state index contributed by atoms with van der Waals surface area (Å²) >= 11 is 1.64. The molecule has 0 bridgehead atoms. The predicted molar refractivity (Wildman–Crippen MR) is 106 cm³/mol. The van der Waals surface area contributed by atoms with Gasteiger partial charge in [0.15, 0.2) is 5.76 Å². The zero-order chi connectivity index (χ0) is 18.8. The number of thiophene rings is 1. The first-order chi connectivity index (χ1) is 13.1. The van der Waals surface area contributed by atoms with Gasteiger partial charge in [-0.2, -0.15) is 0 Å². The number of amides is 1. The van der Waals surface area contributed by atoms with Crippen LogP contribution in [0.15, 0.2) is 47.3 Å². The highest BCUT2D eigenvalue weighted by Crippen LogP contribution is 2.38. The Morgan fingerprint density at radius 1 is 1.26 bits per heavy atom. The van der Waals surface area contributed by atoms with Gasteiger partial charge in [-0.3, -0.25) is 9.78 Å². The van der Waals surface area contributed by atoms with E-state index in [1.165, 1.54) is 45.6 Å². The van der Waals surface area contributed by atoms with Gasteiger partial charge in [-0.25, -0.2) is 0 Å². The minimum atomic E-state index is -0.205. The Labute approximate surface area is 163 Å². The lowest BCUT2D eigenvalue weighted by Gasteiger charge is -2.26. The Morgan fingerprint density at radius 2 is 2.07 bits per heavy atom. The Morgan fingerprint density at radius 3 is 2.74 bits per heavy atom. The van der Waals surface area contributed by atoms with E-state index in [4.69, 9.17) is 4.42 Å². The van der Waals surface area contributed by atoms with Crippen molar-refractivity contribution in [3.05, 3.63) is 70.3 Å². The van der Waals surface area contributed by atoms with Gasteiger partial charge < -0.3 is 14.6 Å². The lowest BCUT2D eigenvalue weighted by atomic mass is 9.96. The highest BCUT2D eigenvalue weighted by Gasteiger charge is 2.34. The molecule has 6 heteroatoms. The van der Waals surface area contributed by atoms with E-state index in [0.717, 1.165) is 18.1 Å². The predicted octanol–water partition coefficient (Wildman–Crippen LogP) is 3.37. The summed E-state index contributed by atoms with van der Waals surface area (Å²) in [6, 6.07) is 7.74. The lowest BCUT2D eigenvalue weighted by molar-refractivity contribution is -0.913. The van der Waals surface area contributed by atoms with Crippen molar-refractivity contribution in [2.45, 2.75) is 32.7 Å². The van der Waals surface area contributed by atoms with Gasteiger partial charge in [-0.1, -0.05) is 0 Å². The van der Waals surface area contributed by atoms with Crippen LogP contribution < -0.4 is 10.2 Å². The third kappa shape index (κ3) is 3.55. The summed E-state index contributed by atoms with van der Waals surface area (Å²) in [5, 5.41) is 4.02. The van der Waals surface area contributed by atoms with Crippen molar-refractivity contribution in [3.8, 4) is 0 Å². The van der Waals surface area contributed by atoms with Crippen LogP contribution in [0.3, 0.4) is 0 Å². The number of furan rings is 1. The number of nitrogens with zero attached hydrogens (tertiary/aromatic N) is 1. The first kappa shape index (κ1) is 17.9. The van der Waals surface area contributed by atoms with Crippen molar-refractivity contribution in [1.82, 2.24) is 4.98 Å². The van der Waals surface area contributed by atoms with E-state index in [0.29, 0.717) is 5.76 Å². The zero-order valence-corrected chi connectivity index (χ0v) is 16.4. The molecule has 0 aliphatic carbocycles. The maximum Gasteiger partial charge on any atom is 0.291 e. The molecule has 1 aliphatic rings. The number of pyridine rings is 1. The van der Waals surface area contributed by atoms with Gasteiger partial charge in [-0.15, -0.1) is 11.3 Å². The van der Waals surface area contributed by atoms with Gasteiger partial charge in [0.05, 0.1) is 24.9 Å². The molecule has 1 aliphatic heterocycles. The number of rotatable bonds is 5. The molecule has 4 heterocycles. The fraction of sp³-hybridized carbons (Fsp3) is 0.333. The van der Waals surface area contributed by atoms with Crippen LogP contribution in [-0.4, -0.2) is 24.0 Å². The standard InChI is InChI=1S/C21H23N3O2S/c1-14-15(2)27-21(23-20(25)17-8-6-12-26-17)18(14)19(24-10-3-4-11-24)16-7-5-9-22-13-16/h5-9,12-13,19H,3-4,10-11H2,1-2H3,(H,23,25)/p+1/t19-/m1/s1. The molecule has 1 atom stereocenters. The minimum Gasteiger partial charge on any atom is -0.459 e. The minimum absolute atomic E-state index is 0.179. The molecule has 5 nitrogen and oxygen atoms in total. The number of hydrogen-bond donors (Lipinski definition) is 2. The number of aryl methyl sites for hydroxylation is 1. The third-order valence-electron chi connectivity index (χ3n) is 5.36. The Kier molecular flexibility index (Phi) is 5.09. The maximum absolute atomic E-state index is 12.6. The molecule has 140 valence electrons. The second-order valence-electron chi connectivity index (χ2n) is 7.04. The summed E-state index contributed by atoms with van der Waals surface area (Å²) in [5.74, 6) is 0.125. The van der Waals surface area contributed by atoms with E-state index in [1.54, 1.807) is 23.5 Å². The van der Waals surface area contributed by atoms with Gasteiger partial charge in [0, 0.05) is 35.7 Å². The van der Waals surface area contributed by atoms with E-state index in [2.05, 4.69) is 30.2 Å². The molecule has 3 aromatic rings. The SMILES string of the molecule is Cc1sc(NC(=O)c2ccco2)c([C@@H](c2cccnc2)[NH+]2CCCC2)c1C. The molecule has 1 fully saturated rings. The lowest BCUT2D eigenvalue weighted by Crippen LogP contribution is -3.10. The van der Waals surface area contributed by atoms with Crippen molar-refractivity contribution in [2.24, 2.45) is 0 Å². The van der Waals surface area contributed by atoms with Gasteiger partial charge in [0.25, 0.3) is 5.91 Å². The van der Waals surface area contributed by atoms with Gasteiger partial charge in [0.1, 0.15) is 11.0 Å². The third-order valence-corrected chi connectivity index (χ3v) is 6.50. The fourth-order valence-corrected chi connectivity index (χ4v) is 5.02. The Balaban J connectivity index is 1.76. The summed E-state index contributed by atoms with van der Waals surface area (Å²) in [4.78, 5) is 19.7. The molecule has 0 radical (unpaired) electrons. The van der Waals surface area contributed by atoms with Gasteiger partial charge in [0.2, 0.25) is 0 Å². The quantitative estimate of drug-likeness (QED) is 0.711. The molecule has 27 heavy (non-hydrogen) atoms. The zero-order valence-electron chi connectivity index (χ0n) is 15.6. The van der Waals surface area contributed by atoms with Gasteiger partial charge in [-0.05, 0) is 43.7 Å². The van der Waals surface area contributed by atoms with Crippen LogP contribution in [0.4, 0.5) is 5.00 Å². The summed E-state index contributed by atoms with van der Waals surface area (Å²) in [7, 11) is 0. The summed E-state index contributed by atoms with van der Waals surface area (Å²) in [6.07, 6.45) is 7.77. The van der Waals surface area contributed by atoms with Crippen molar-refractivity contribution in [3.63, 3.8) is 0 Å². The van der Waals surface area contributed by atoms with Crippen molar-refractivity contribution in [2.75, 3.05) is 18.4 Å². The number of aromatic nitrogens is 1. The molecule has 0 saturated carbocycles. The summed E-state index contributed by atoms with van der Waals surface area (Å²) < 4.78 is 5.27. The van der Waals surface area contributed by atoms with Crippen LogP contribution >= 0.6 is 11.3 Å². The molecule has 1 saturated heterocycles. The summed E-state index contributed by atoms with van der Waals surface area (Å²) in [6.45, 7) is 6.55. The normalized spacial score (nSPS) is 15.8. The van der Waals surface area contributed by atoms with Crippen molar-refractivity contribution < 1.29 is 14.1 Å². The van der Waals surface area contributed by atoms with Gasteiger partial charge >= 0.3 is 0 Å². The van der Waals surface area contributed by atoms with E-state index >= 15 is 0 Å². The number of hydrogen-bond acceptors (Lipinski definition) is 4. The highest BCUT2D eigenvalue weighted by atomic mass is 32.1. The van der Waals surface area contributed by atoms with E-state index in [-0.39, 0.29) is 11.9 Å². The van der Waals surface area contributed by atoms with Crippen LogP contribution in [0.2, 0.25) is 0 Å². The van der Waals surface area contributed by atoms with Crippen LogP contribution in [0.25, 0.3) is 0 Å². The van der Waals surface area contributed by atoms with Crippen molar-refractivity contribution >= 4 is 22.2 Å². The number of quaternary nitrogens is 1. The summed E-state index contributed by atoms with van der Waals surface area (Å²) in [5.41, 5.74) is 3.66. The largest absolute Gasteiger partial charge is 0.459 e. The number of anilines is 1. The van der Waals surface area contributed by atoms with E-state index < -0.39 is 0 Å². The second kappa shape index (κ2) is 7.66. The van der Waals surface area contributed by atoms with Crippen LogP contribution in [0, 0.1) is 13.8 Å². The molecule has 1 amide bonds. The van der Waals surface area contributed by atoms with E-state index in [1.807, 2.05) is 18.5 Å². The number of nitrogens with one attached hydrogen (secondary N) is 2. The average molecular weight is 383 g/mol. The topological polar surface area (TPSA) is 59.6 Å². The molecule has 0 aromatic carbocycles. The average Bonchev–Trinajstić information content (AvgIpc) is 3.42.